The molecule has 0 aliphatic heterocycles. The summed E-state index contributed by atoms with van der Waals surface area (Å²) in [7, 11) is -4.63. The molecule has 0 bridgehead atoms. The zero-order valence-electron chi connectivity index (χ0n) is 30.9. The lowest BCUT2D eigenvalue weighted by Crippen LogP contribution is -2.12. The molecule has 0 unspecified atom stereocenters. The lowest BCUT2D eigenvalue weighted by atomic mass is 9.84. The summed E-state index contributed by atoms with van der Waals surface area (Å²) in [5.41, 5.74) is 21.9. The molecule has 4 N–H and O–H groups in total. The number of nitrogens with two attached hydrogens (primary N) is 1. The third kappa shape index (κ3) is 7.69. The van der Waals surface area contributed by atoms with Gasteiger partial charge in [0.1, 0.15) is 4.90 Å². The molecule has 6 nitrogen and oxygen atoms in total. The number of anilines is 3. The molecule has 1 aliphatic carbocycles. The topological polar surface area (TPSA) is 105 Å². The lowest BCUT2D eigenvalue weighted by Gasteiger charge is -2.23. The highest BCUT2D eigenvalue weighted by atomic mass is 32.2. The van der Waals surface area contributed by atoms with E-state index in [1.165, 1.54) is 17.2 Å². The summed E-state index contributed by atoms with van der Waals surface area (Å²) in [6.45, 7) is 21.1. The predicted octanol–water partition coefficient (Wildman–Crippen LogP) is 11.0. The molecular formula is C43H49N3O3S. The van der Waals surface area contributed by atoms with Gasteiger partial charge in [-0.1, -0.05) is 81.3 Å². The van der Waals surface area contributed by atoms with Crippen LogP contribution in [0.5, 0.6) is 0 Å². The highest BCUT2D eigenvalue weighted by molar-refractivity contribution is 7.86. The number of nitrogens with one attached hydrogen (secondary N) is 1. The molecule has 0 amide bonds. The van der Waals surface area contributed by atoms with Gasteiger partial charge in [-0.2, -0.15) is 8.42 Å². The van der Waals surface area contributed by atoms with Gasteiger partial charge in [-0.05, 0) is 140 Å². The molecule has 0 saturated heterocycles. The van der Waals surface area contributed by atoms with Crippen molar-refractivity contribution in [2.75, 3.05) is 11.1 Å². The van der Waals surface area contributed by atoms with Gasteiger partial charge in [0.05, 0.1) is 11.4 Å². The third-order valence-corrected chi connectivity index (χ3v) is 10.2. The minimum atomic E-state index is -4.63. The summed E-state index contributed by atoms with van der Waals surface area (Å²) >= 11 is 0. The molecule has 0 fully saturated rings. The van der Waals surface area contributed by atoms with E-state index < -0.39 is 10.1 Å². The summed E-state index contributed by atoms with van der Waals surface area (Å²) < 4.78 is 36.2. The number of hydrogen-bond acceptors (Lipinski definition) is 5. The summed E-state index contributed by atoms with van der Waals surface area (Å²) in [5, 5.41) is 3.70. The van der Waals surface area contributed by atoms with Crippen LogP contribution in [0.3, 0.4) is 0 Å². The first-order valence-electron chi connectivity index (χ1n) is 17.1. The number of rotatable bonds is 8. The van der Waals surface area contributed by atoms with Crippen molar-refractivity contribution in [2.24, 2.45) is 10.9 Å². The van der Waals surface area contributed by atoms with Gasteiger partial charge in [0, 0.05) is 22.6 Å². The SMILES string of the molecule is Cc1cc(C)c(N=C2C=CC(=C(c3ccc(Nc4c(C)cc(C)cc4C)c(C(C)C)c3)c3ccc(N)cc3S(=O)(=O)O)C=C2C(C)C)c(C)c1. The van der Waals surface area contributed by atoms with Gasteiger partial charge in [0.2, 0.25) is 0 Å². The Morgan fingerprint density at radius 3 is 1.92 bits per heavy atom. The molecule has 0 atom stereocenters. The largest absolute Gasteiger partial charge is 0.399 e. The van der Waals surface area contributed by atoms with E-state index in [4.69, 9.17) is 10.7 Å². The van der Waals surface area contributed by atoms with Crippen LogP contribution in [-0.2, 0) is 10.1 Å². The van der Waals surface area contributed by atoms with E-state index in [0.29, 0.717) is 11.1 Å². The second-order valence-electron chi connectivity index (χ2n) is 14.2. The molecule has 50 heavy (non-hydrogen) atoms. The normalized spacial score (nSPS) is 15.2. The molecule has 0 saturated carbocycles. The number of benzene rings is 4. The molecule has 0 heterocycles. The van der Waals surface area contributed by atoms with E-state index in [1.807, 2.05) is 18.2 Å². The standard InChI is InChI=1S/C43H49N3O3S/c1-24(2)36-21-32(11-15-38(36)45-42-28(7)17-26(5)18-29(42)8)41(35-14-13-34(44)23-40(35)50(47,48)49)33-12-16-39(37(22-33)25(3)4)46-43-30(9)19-27(6)20-31(43)10/h11-25,45H,44H2,1-10H3,(H,47,48,49). The van der Waals surface area contributed by atoms with Gasteiger partial charge >= 0.3 is 0 Å². The van der Waals surface area contributed by atoms with Gasteiger partial charge in [0.25, 0.3) is 10.1 Å². The third-order valence-electron chi connectivity index (χ3n) is 9.26. The van der Waals surface area contributed by atoms with Gasteiger partial charge in [-0.3, -0.25) is 4.55 Å². The van der Waals surface area contributed by atoms with E-state index in [0.717, 1.165) is 67.3 Å². The second kappa shape index (κ2) is 14.3. The minimum Gasteiger partial charge on any atom is -0.399 e. The lowest BCUT2D eigenvalue weighted by molar-refractivity contribution is 0.483. The van der Waals surface area contributed by atoms with E-state index in [-0.39, 0.29) is 22.4 Å². The Morgan fingerprint density at radius 2 is 1.36 bits per heavy atom. The fourth-order valence-corrected chi connectivity index (χ4v) is 7.73. The monoisotopic (exact) mass is 687 g/mol. The average Bonchev–Trinajstić information content (AvgIpc) is 3.01. The van der Waals surface area contributed by atoms with Gasteiger partial charge < -0.3 is 11.1 Å². The molecule has 4 aromatic rings. The zero-order chi connectivity index (χ0) is 36.7. The highest BCUT2D eigenvalue weighted by Crippen LogP contribution is 2.40. The number of allylic oxidation sites excluding steroid dienone is 5. The Balaban J connectivity index is 1.78. The Bertz CT molecular complexity index is 2190. The van der Waals surface area contributed by atoms with Crippen molar-refractivity contribution >= 4 is 44.2 Å². The number of nitrogen functional groups attached to an aromatic ring is 1. The van der Waals surface area contributed by atoms with Crippen molar-refractivity contribution in [1.29, 1.82) is 0 Å². The molecule has 0 radical (unpaired) electrons. The highest BCUT2D eigenvalue weighted by Gasteiger charge is 2.25. The molecule has 260 valence electrons. The summed E-state index contributed by atoms with van der Waals surface area (Å²) in [6, 6.07) is 19.5. The minimum absolute atomic E-state index is 0.118. The fraction of sp³-hybridized carbons (Fsp3) is 0.279. The van der Waals surface area contributed by atoms with Crippen LogP contribution in [0.15, 0.2) is 99.9 Å². The van der Waals surface area contributed by atoms with E-state index in [9.17, 15) is 13.0 Å². The molecule has 0 spiro atoms. The quantitative estimate of drug-likeness (QED) is 0.126. The van der Waals surface area contributed by atoms with E-state index in [1.54, 1.807) is 12.1 Å². The van der Waals surface area contributed by atoms with Crippen LogP contribution in [0.1, 0.15) is 83.7 Å². The first kappa shape index (κ1) is 36.6. The zero-order valence-corrected chi connectivity index (χ0v) is 31.7. The molecular weight excluding hydrogens is 639 g/mol. The second-order valence-corrected chi connectivity index (χ2v) is 15.6. The Labute approximate surface area is 298 Å². The number of aryl methyl sites for hydroxylation is 6. The maximum atomic E-state index is 12.9. The van der Waals surface area contributed by atoms with E-state index >= 15 is 0 Å². The number of hydrogen-bond donors (Lipinski definition) is 3. The van der Waals surface area contributed by atoms with Crippen LogP contribution in [0, 0.1) is 47.5 Å². The Hall–Kier alpha value is -4.72. The van der Waals surface area contributed by atoms with Crippen LogP contribution >= 0.6 is 0 Å². The molecule has 4 aromatic carbocycles. The number of aliphatic imine (C=N–C) groups is 1. The van der Waals surface area contributed by atoms with Crippen molar-refractivity contribution in [1.82, 2.24) is 0 Å². The van der Waals surface area contributed by atoms with Crippen molar-refractivity contribution in [2.45, 2.75) is 80.1 Å². The summed E-state index contributed by atoms with van der Waals surface area (Å²) in [4.78, 5) is 4.92. The van der Waals surface area contributed by atoms with Crippen molar-refractivity contribution < 1.29 is 13.0 Å². The molecule has 1 aliphatic rings. The molecule has 5 rings (SSSR count). The fourth-order valence-electron chi connectivity index (χ4n) is 7.00. The van der Waals surface area contributed by atoms with Gasteiger partial charge in [0.15, 0.2) is 0 Å². The van der Waals surface area contributed by atoms with Crippen LogP contribution in [-0.4, -0.2) is 18.7 Å². The van der Waals surface area contributed by atoms with Crippen molar-refractivity contribution in [3.05, 3.63) is 140 Å². The van der Waals surface area contributed by atoms with E-state index in [2.05, 4.69) is 117 Å². The maximum absolute atomic E-state index is 12.9. The van der Waals surface area contributed by atoms with Crippen LogP contribution in [0.25, 0.3) is 5.57 Å². The molecule has 0 aromatic heterocycles. The van der Waals surface area contributed by atoms with Crippen molar-refractivity contribution in [3.63, 3.8) is 0 Å². The average molecular weight is 688 g/mol. The van der Waals surface area contributed by atoms with Crippen LogP contribution in [0.2, 0.25) is 0 Å². The Morgan fingerprint density at radius 1 is 0.760 bits per heavy atom. The van der Waals surface area contributed by atoms with Crippen LogP contribution in [0.4, 0.5) is 22.7 Å². The van der Waals surface area contributed by atoms with Gasteiger partial charge in [-0.15, -0.1) is 0 Å². The molecule has 7 heteroatoms. The number of nitrogens with zero attached hydrogens (tertiary/aromatic N) is 1. The maximum Gasteiger partial charge on any atom is 0.295 e. The van der Waals surface area contributed by atoms with Crippen molar-refractivity contribution in [3.8, 4) is 0 Å². The van der Waals surface area contributed by atoms with Gasteiger partial charge in [-0.25, -0.2) is 4.99 Å². The first-order chi connectivity index (χ1) is 23.4. The summed E-state index contributed by atoms with van der Waals surface area (Å²) in [6.07, 6.45) is 6.10. The predicted molar refractivity (Wildman–Crippen MR) is 211 cm³/mol. The Kier molecular flexibility index (Phi) is 10.4. The smallest absolute Gasteiger partial charge is 0.295 e. The summed E-state index contributed by atoms with van der Waals surface area (Å²) in [5.74, 6) is 0.262. The van der Waals surface area contributed by atoms with Crippen LogP contribution < -0.4 is 11.1 Å². The first-order valence-corrected chi connectivity index (χ1v) is 18.6.